The molecule has 0 rings (SSSR count). The Morgan fingerprint density at radius 1 is 0.950 bits per heavy atom. The average Bonchev–Trinajstić information content (AvgIpc) is 2.43. The molecule has 0 aromatic carbocycles. The van der Waals surface area contributed by atoms with Crippen LogP contribution in [-0.2, 0) is 13.6 Å². The van der Waals surface area contributed by atoms with Gasteiger partial charge >= 0.3 is 9.28 Å². The first-order chi connectivity index (χ1) is 9.74. The third-order valence-electron chi connectivity index (χ3n) is 2.88. The first kappa shape index (κ1) is 20.2. The zero-order chi connectivity index (χ0) is 15.1. The van der Waals surface area contributed by atoms with Gasteiger partial charge in [-0.25, -0.2) is 0 Å². The Labute approximate surface area is 131 Å². The summed E-state index contributed by atoms with van der Waals surface area (Å²) in [4.78, 5) is 11.6. The highest BCUT2D eigenvalue weighted by atomic mass is 32.2. The third kappa shape index (κ3) is 13.2. The largest absolute Gasteiger partial charge is 0.394 e. The second-order valence-corrected chi connectivity index (χ2v) is 7.70. The Kier molecular flexibility index (Phi) is 15.7. The molecule has 3 nitrogen and oxygen atoms in total. The van der Waals surface area contributed by atoms with Crippen molar-refractivity contribution in [1.82, 2.24) is 0 Å². The molecule has 5 heteroatoms. The van der Waals surface area contributed by atoms with E-state index in [1.165, 1.54) is 31.0 Å². The second kappa shape index (κ2) is 15.5. The lowest BCUT2D eigenvalue weighted by atomic mass is 10.2. The highest BCUT2D eigenvalue weighted by Crippen LogP contribution is 2.14. The number of hydrogen-bond donors (Lipinski definition) is 0. The predicted molar refractivity (Wildman–Crippen MR) is 89.3 cm³/mol. The number of thioether (sulfide) groups is 1. The highest BCUT2D eigenvalue weighted by Gasteiger charge is 2.13. The standard InChI is InChI=1S/C15H31O3SSi/c1-4-7-8-9-12-15(16)19-13-10-11-14-20(17-5-2)18-6-3/h4-14H2,1-3H3. The van der Waals surface area contributed by atoms with Crippen molar-refractivity contribution >= 4 is 26.2 Å². The van der Waals surface area contributed by atoms with Crippen LogP contribution in [0.25, 0.3) is 0 Å². The van der Waals surface area contributed by atoms with Gasteiger partial charge in [-0.15, -0.1) is 0 Å². The van der Waals surface area contributed by atoms with Crippen LogP contribution in [0.2, 0.25) is 6.04 Å². The predicted octanol–water partition coefficient (Wildman–Crippen LogP) is 4.56. The summed E-state index contributed by atoms with van der Waals surface area (Å²) >= 11 is 1.50. The summed E-state index contributed by atoms with van der Waals surface area (Å²) in [6.07, 6.45) is 7.66. The van der Waals surface area contributed by atoms with Crippen LogP contribution in [0.1, 0.15) is 65.7 Å². The molecule has 0 aromatic rings. The van der Waals surface area contributed by atoms with E-state index in [1.807, 2.05) is 13.8 Å². The van der Waals surface area contributed by atoms with Gasteiger partial charge in [-0.2, -0.15) is 0 Å². The fourth-order valence-electron chi connectivity index (χ4n) is 1.83. The molecule has 0 aliphatic carbocycles. The SMILES string of the molecule is CCCCCCC(=O)SCCCC[Si](OCC)OCC. The fourth-order valence-corrected chi connectivity index (χ4v) is 4.25. The molecule has 119 valence electrons. The zero-order valence-corrected chi connectivity index (χ0v) is 15.2. The number of carbonyl (C=O) groups is 1. The van der Waals surface area contributed by atoms with Crippen molar-refractivity contribution in [3.05, 3.63) is 0 Å². The van der Waals surface area contributed by atoms with Crippen LogP contribution in [0.15, 0.2) is 0 Å². The van der Waals surface area contributed by atoms with Crippen molar-refractivity contribution in [2.75, 3.05) is 19.0 Å². The number of rotatable bonds is 14. The highest BCUT2D eigenvalue weighted by molar-refractivity contribution is 8.13. The van der Waals surface area contributed by atoms with Crippen LogP contribution >= 0.6 is 11.8 Å². The fraction of sp³-hybridized carbons (Fsp3) is 0.933. The molecule has 0 aromatic heterocycles. The van der Waals surface area contributed by atoms with Crippen molar-refractivity contribution in [2.24, 2.45) is 0 Å². The molecule has 0 aliphatic rings. The third-order valence-corrected chi connectivity index (χ3v) is 5.89. The van der Waals surface area contributed by atoms with Gasteiger partial charge in [0.1, 0.15) is 0 Å². The van der Waals surface area contributed by atoms with Crippen LogP contribution in [0, 0.1) is 0 Å². The average molecular weight is 320 g/mol. The Morgan fingerprint density at radius 2 is 1.65 bits per heavy atom. The summed E-state index contributed by atoms with van der Waals surface area (Å²) in [7, 11) is -1.06. The van der Waals surface area contributed by atoms with Gasteiger partial charge in [0.15, 0.2) is 5.12 Å². The first-order valence-corrected chi connectivity index (χ1v) is 10.5. The second-order valence-electron chi connectivity index (χ2n) is 4.73. The maximum atomic E-state index is 11.6. The summed E-state index contributed by atoms with van der Waals surface area (Å²) in [6.45, 7) is 7.68. The van der Waals surface area contributed by atoms with Gasteiger partial charge in [0.2, 0.25) is 0 Å². The minimum absolute atomic E-state index is 0.362. The van der Waals surface area contributed by atoms with Gasteiger partial charge < -0.3 is 8.85 Å². The maximum absolute atomic E-state index is 11.6. The lowest BCUT2D eigenvalue weighted by Crippen LogP contribution is -2.22. The van der Waals surface area contributed by atoms with E-state index in [0.29, 0.717) is 5.12 Å². The zero-order valence-electron chi connectivity index (χ0n) is 13.4. The van der Waals surface area contributed by atoms with Gasteiger partial charge in [0.05, 0.1) is 0 Å². The Morgan fingerprint density at radius 3 is 2.25 bits per heavy atom. The number of hydrogen-bond acceptors (Lipinski definition) is 4. The van der Waals surface area contributed by atoms with E-state index in [9.17, 15) is 4.79 Å². The van der Waals surface area contributed by atoms with Crippen molar-refractivity contribution in [2.45, 2.75) is 71.8 Å². The quantitative estimate of drug-likeness (QED) is 0.347. The van der Waals surface area contributed by atoms with E-state index >= 15 is 0 Å². The Bertz CT molecular complexity index is 221. The van der Waals surface area contributed by atoms with E-state index in [0.717, 1.165) is 50.7 Å². The van der Waals surface area contributed by atoms with Crippen molar-refractivity contribution in [1.29, 1.82) is 0 Å². The summed E-state index contributed by atoms with van der Waals surface area (Å²) in [5, 5.41) is 0.362. The van der Waals surface area contributed by atoms with Gasteiger partial charge in [-0.3, -0.25) is 4.79 Å². The molecule has 0 unspecified atom stereocenters. The number of carbonyl (C=O) groups excluding carboxylic acids is 1. The molecule has 20 heavy (non-hydrogen) atoms. The minimum atomic E-state index is -1.06. The molecule has 0 heterocycles. The van der Waals surface area contributed by atoms with E-state index in [-0.39, 0.29) is 0 Å². The number of unbranched alkanes of at least 4 members (excludes halogenated alkanes) is 4. The Balaban J connectivity index is 3.43. The van der Waals surface area contributed by atoms with Crippen molar-refractivity contribution in [3.8, 4) is 0 Å². The first-order valence-electron chi connectivity index (χ1n) is 8.01. The van der Waals surface area contributed by atoms with Crippen molar-refractivity contribution < 1.29 is 13.6 Å². The van der Waals surface area contributed by atoms with Gasteiger partial charge in [0.25, 0.3) is 0 Å². The van der Waals surface area contributed by atoms with Crippen LogP contribution in [0.5, 0.6) is 0 Å². The normalized spacial score (nSPS) is 11.2. The molecular formula is C15H31O3SSi. The van der Waals surface area contributed by atoms with Crippen molar-refractivity contribution in [3.63, 3.8) is 0 Å². The molecule has 0 saturated heterocycles. The Hall–Kier alpha value is 0.157. The maximum Gasteiger partial charge on any atom is 0.384 e. The molecule has 0 amide bonds. The van der Waals surface area contributed by atoms with Crippen LogP contribution in [0.3, 0.4) is 0 Å². The lowest BCUT2D eigenvalue weighted by Gasteiger charge is -2.12. The summed E-state index contributed by atoms with van der Waals surface area (Å²) in [5.74, 6) is 0.944. The molecule has 0 spiro atoms. The molecule has 0 aliphatic heterocycles. The molecule has 0 atom stereocenters. The topological polar surface area (TPSA) is 35.5 Å². The molecule has 1 radical (unpaired) electrons. The monoisotopic (exact) mass is 319 g/mol. The smallest absolute Gasteiger partial charge is 0.384 e. The molecule has 0 saturated carbocycles. The lowest BCUT2D eigenvalue weighted by molar-refractivity contribution is -0.111. The van der Waals surface area contributed by atoms with Crippen LogP contribution in [0.4, 0.5) is 0 Å². The van der Waals surface area contributed by atoms with E-state index in [1.54, 1.807) is 0 Å². The molecule has 0 N–H and O–H groups in total. The van der Waals surface area contributed by atoms with E-state index in [2.05, 4.69) is 6.92 Å². The van der Waals surface area contributed by atoms with E-state index < -0.39 is 9.28 Å². The summed E-state index contributed by atoms with van der Waals surface area (Å²) < 4.78 is 11.2. The molecule has 0 fully saturated rings. The van der Waals surface area contributed by atoms with Gasteiger partial charge in [0, 0.05) is 25.4 Å². The molecular weight excluding hydrogens is 288 g/mol. The van der Waals surface area contributed by atoms with E-state index in [4.69, 9.17) is 8.85 Å². The van der Waals surface area contributed by atoms with Crippen LogP contribution < -0.4 is 0 Å². The summed E-state index contributed by atoms with van der Waals surface area (Å²) in [6, 6.07) is 1.03. The minimum Gasteiger partial charge on any atom is -0.394 e. The van der Waals surface area contributed by atoms with Gasteiger partial charge in [-0.05, 0) is 32.7 Å². The molecule has 0 bridgehead atoms. The van der Waals surface area contributed by atoms with Crippen LogP contribution in [-0.4, -0.2) is 33.4 Å². The van der Waals surface area contributed by atoms with Gasteiger partial charge in [-0.1, -0.05) is 44.4 Å². The summed E-state index contributed by atoms with van der Waals surface area (Å²) in [5.41, 5.74) is 0.